The number of hydrogen-bond acceptors (Lipinski definition) is 3. The Labute approximate surface area is 109 Å². The number of rotatable bonds is 3. The highest BCUT2D eigenvalue weighted by atomic mass is 17.1. The second kappa shape index (κ2) is 5.11. The number of carbonyl (C=O) groups excluding carboxylic acids is 1. The summed E-state index contributed by atoms with van der Waals surface area (Å²) >= 11 is 0. The molecule has 3 nitrogen and oxygen atoms in total. The van der Waals surface area contributed by atoms with Gasteiger partial charge in [-0.3, -0.25) is 4.89 Å². The van der Waals surface area contributed by atoms with Crippen LogP contribution < -0.4 is 0 Å². The normalized spacial score (nSPS) is 12.3. The minimum atomic E-state index is -0.701. The summed E-state index contributed by atoms with van der Waals surface area (Å²) in [5.41, 5.74) is 1.32. The number of benzene rings is 1. The molecule has 1 rings (SSSR count). The Kier molecular flexibility index (Phi) is 4.17. The Morgan fingerprint density at radius 3 is 2.22 bits per heavy atom. The molecule has 18 heavy (non-hydrogen) atoms. The van der Waals surface area contributed by atoms with Crippen LogP contribution in [0, 0.1) is 5.41 Å². The summed E-state index contributed by atoms with van der Waals surface area (Å²) in [6.45, 7) is 10.7. The summed E-state index contributed by atoms with van der Waals surface area (Å²) in [5.74, 6) is -0.701. The van der Waals surface area contributed by atoms with E-state index in [-0.39, 0.29) is 10.8 Å². The van der Waals surface area contributed by atoms with E-state index in [1.807, 2.05) is 12.1 Å². The van der Waals surface area contributed by atoms with Crippen LogP contribution >= 0.6 is 0 Å². The fraction of sp³-hybridized carbons (Fsp3) is 0.533. The van der Waals surface area contributed by atoms with Crippen molar-refractivity contribution in [3.8, 4) is 0 Å². The third kappa shape index (κ3) is 3.57. The first kappa shape index (κ1) is 14.7. The molecule has 100 valence electrons. The molecule has 0 unspecified atom stereocenters. The molecule has 0 heterocycles. The molecule has 0 aliphatic rings. The zero-order valence-corrected chi connectivity index (χ0v) is 11.8. The summed E-state index contributed by atoms with van der Waals surface area (Å²) in [4.78, 5) is 15.4. The van der Waals surface area contributed by atoms with Crippen LogP contribution in [-0.2, 0) is 10.3 Å². The fourth-order valence-electron chi connectivity index (χ4n) is 2.72. The van der Waals surface area contributed by atoms with Gasteiger partial charge in [-0.25, -0.2) is 4.79 Å². The van der Waals surface area contributed by atoms with E-state index < -0.39 is 5.97 Å². The Morgan fingerprint density at radius 2 is 1.72 bits per heavy atom. The van der Waals surface area contributed by atoms with Crippen molar-refractivity contribution in [2.24, 2.45) is 5.41 Å². The van der Waals surface area contributed by atoms with Crippen molar-refractivity contribution in [3.63, 3.8) is 0 Å². The van der Waals surface area contributed by atoms with Gasteiger partial charge in [0.25, 0.3) is 0 Å². The third-order valence-electron chi connectivity index (χ3n) is 2.93. The van der Waals surface area contributed by atoms with Crippen LogP contribution in [0.15, 0.2) is 24.3 Å². The van der Waals surface area contributed by atoms with E-state index in [9.17, 15) is 4.79 Å². The minimum Gasteiger partial charge on any atom is -0.295 e. The van der Waals surface area contributed by atoms with Crippen molar-refractivity contribution in [1.82, 2.24) is 0 Å². The molecule has 1 aromatic carbocycles. The van der Waals surface area contributed by atoms with Gasteiger partial charge in [0.2, 0.25) is 0 Å². The molecular formula is C15H22O3. The van der Waals surface area contributed by atoms with E-state index in [2.05, 4.69) is 39.5 Å². The van der Waals surface area contributed by atoms with Crippen LogP contribution in [0.4, 0.5) is 0 Å². The van der Waals surface area contributed by atoms with E-state index >= 15 is 0 Å². The molecule has 0 spiro atoms. The first-order chi connectivity index (χ1) is 8.17. The monoisotopic (exact) mass is 250 g/mol. The van der Waals surface area contributed by atoms with Crippen molar-refractivity contribution in [2.45, 2.75) is 46.5 Å². The highest BCUT2D eigenvalue weighted by Crippen LogP contribution is 2.37. The smallest absolute Gasteiger partial charge is 0.295 e. The lowest BCUT2D eigenvalue weighted by Crippen LogP contribution is -2.27. The molecule has 0 aromatic heterocycles. The Balaban J connectivity index is 3.19. The molecule has 0 aliphatic carbocycles. The SMILES string of the molecule is CC(C)(C)CC(C)(C)c1ccccc1C(=O)OO. The van der Waals surface area contributed by atoms with Crippen LogP contribution in [0.2, 0.25) is 0 Å². The third-order valence-corrected chi connectivity index (χ3v) is 2.93. The topological polar surface area (TPSA) is 46.5 Å². The van der Waals surface area contributed by atoms with Gasteiger partial charge in [0.05, 0.1) is 5.56 Å². The molecule has 0 saturated heterocycles. The summed E-state index contributed by atoms with van der Waals surface area (Å²) < 4.78 is 0. The van der Waals surface area contributed by atoms with Gasteiger partial charge in [0.15, 0.2) is 0 Å². The van der Waals surface area contributed by atoms with E-state index in [1.165, 1.54) is 0 Å². The number of carbonyl (C=O) groups is 1. The van der Waals surface area contributed by atoms with Crippen molar-refractivity contribution >= 4 is 5.97 Å². The second-order valence-electron chi connectivity index (χ2n) is 6.55. The van der Waals surface area contributed by atoms with Crippen LogP contribution in [0.25, 0.3) is 0 Å². The molecule has 0 bridgehead atoms. The quantitative estimate of drug-likeness (QED) is 0.650. The first-order valence-electron chi connectivity index (χ1n) is 6.13. The average Bonchev–Trinajstić information content (AvgIpc) is 2.25. The molecule has 0 aliphatic heterocycles. The summed E-state index contributed by atoms with van der Waals surface area (Å²) in [6, 6.07) is 7.26. The Bertz CT molecular complexity index is 428. The average molecular weight is 250 g/mol. The van der Waals surface area contributed by atoms with Gasteiger partial charge in [0, 0.05) is 0 Å². The lowest BCUT2D eigenvalue weighted by molar-refractivity contribution is -0.182. The summed E-state index contributed by atoms with van der Waals surface area (Å²) in [5, 5.41) is 8.56. The maximum Gasteiger partial charge on any atom is 0.373 e. The first-order valence-corrected chi connectivity index (χ1v) is 6.13. The molecular weight excluding hydrogens is 228 g/mol. The molecule has 1 N–H and O–H groups in total. The molecule has 0 atom stereocenters. The molecule has 0 fully saturated rings. The molecule has 3 heteroatoms. The summed E-state index contributed by atoms with van der Waals surface area (Å²) in [6.07, 6.45) is 0.926. The van der Waals surface area contributed by atoms with Crippen molar-refractivity contribution in [2.75, 3.05) is 0 Å². The van der Waals surface area contributed by atoms with Gasteiger partial charge >= 0.3 is 5.97 Å². The van der Waals surface area contributed by atoms with Crippen molar-refractivity contribution in [1.29, 1.82) is 0 Å². The van der Waals surface area contributed by atoms with E-state index in [4.69, 9.17) is 5.26 Å². The predicted octanol–water partition coefficient (Wildman–Crippen LogP) is 4.03. The predicted molar refractivity (Wildman–Crippen MR) is 71.6 cm³/mol. The maximum atomic E-state index is 11.6. The highest BCUT2D eigenvalue weighted by Gasteiger charge is 2.30. The van der Waals surface area contributed by atoms with Crippen molar-refractivity contribution in [3.05, 3.63) is 35.4 Å². The van der Waals surface area contributed by atoms with Crippen LogP contribution in [0.5, 0.6) is 0 Å². The second-order valence-corrected chi connectivity index (χ2v) is 6.55. The zero-order chi connectivity index (χ0) is 14.0. The van der Waals surface area contributed by atoms with Crippen LogP contribution in [0.3, 0.4) is 0 Å². The number of hydrogen-bond donors (Lipinski definition) is 1. The van der Waals surface area contributed by atoms with Gasteiger partial charge in [-0.2, -0.15) is 5.26 Å². The maximum absolute atomic E-state index is 11.6. The molecule has 0 amide bonds. The fourth-order valence-corrected chi connectivity index (χ4v) is 2.72. The minimum absolute atomic E-state index is 0.153. The van der Waals surface area contributed by atoms with Gasteiger partial charge < -0.3 is 0 Å². The Hall–Kier alpha value is -1.35. The zero-order valence-electron chi connectivity index (χ0n) is 11.8. The standard InChI is InChI=1S/C15H22O3/c1-14(2,3)10-15(4,5)12-9-7-6-8-11(12)13(16)18-17/h6-9,17H,10H2,1-5H3. The largest absolute Gasteiger partial charge is 0.373 e. The van der Waals surface area contributed by atoms with E-state index in [0.29, 0.717) is 5.56 Å². The van der Waals surface area contributed by atoms with Gasteiger partial charge in [0.1, 0.15) is 0 Å². The van der Waals surface area contributed by atoms with E-state index in [1.54, 1.807) is 12.1 Å². The highest BCUT2D eigenvalue weighted by molar-refractivity contribution is 5.91. The molecule has 1 aromatic rings. The van der Waals surface area contributed by atoms with Crippen LogP contribution in [0.1, 0.15) is 57.0 Å². The van der Waals surface area contributed by atoms with Crippen LogP contribution in [-0.4, -0.2) is 11.2 Å². The molecule has 0 radical (unpaired) electrons. The van der Waals surface area contributed by atoms with Crippen molar-refractivity contribution < 1.29 is 14.9 Å². The summed E-state index contributed by atoms with van der Waals surface area (Å²) in [7, 11) is 0. The van der Waals surface area contributed by atoms with Gasteiger partial charge in [-0.15, -0.1) is 0 Å². The van der Waals surface area contributed by atoms with Gasteiger partial charge in [-0.1, -0.05) is 52.8 Å². The van der Waals surface area contributed by atoms with Gasteiger partial charge in [-0.05, 0) is 28.9 Å². The van der Waals surface area contributed by atoms with E-state index in [0.717, 1.165) is 12.0 Å². The Morgan fingerprint density at radius 1 is 1.17 bits per heavy atom. The molecule has 0 saturated carbocycles. The lowest BCUT2D eigenvalue weighted by Gasteiger charge is -2.33. The lowest BCUT2D eigenvalue weighted by atomic mass is 9.71.